The summed E-state index contributed by atoms with van der Waals surface area (Å²) in [6, 6.07) is 5.47. The summed E-state index contributed by atoms with van der Waals surface area (Å²) in [5, 5.41) is 3.98. The molecule has 0 bridgehead atoms. The Kier molecular flexibility index (Phi) is 3.85. The van der Waals surface area contributed by atoms with E-state index in [4.69, 9.17) is 4.52 Å². The molecule has 2 aromatic rings. The van der Waals surface area contributed by atoms with Gasteiger partial charge in [0.15, 0.2) is 11.5 Å². The standard InChI is InChI=1S/C18H21N3O2/c22-18(21-9-7-13-4-1-2-5-15(13)12-21)16-10-17(23-20-16)14-6-3-8-19-11-14/h3,6,8,10-11,13,15H,1-2,4-5,7,9,12H2/t13-,15+/m0/s1. The van der Waals surface area contributed by atoms with Gasteiger partial charge in [-0.3, -0.25) is 9.78 Å². The fourth-order valence-electron chi connectivity index (χ4n) is 3.97. The lowest BCUT2D eigenvalue weighted by atomic mass is 9.75. The second kappa shape index (κ2) is 6.14. The third-order valence-corrected chi connectivity index (χ3v) is 5.25. The van der Waals surface area contributed by atoms with E-state index in [9.17, 15) is 4.79 Å². The van der Waals surface area contributed by atoms with Crippen molar-refractivity contribution in [2.24, 2.45) is 11.8 Å². The van der Waals surface area contributed by atoms with Gasteiger partial charge in [-0.1, -0.05) is 24.4 Å². The van der Waals surface area contributed by atoms with Gasteiger partial charge in [0.25, 0.3) is 5.91 Å². The van der Waals surface area contributed by atoms with E-state index in [1.54, 1.807) is 18.5 Å². The zero-order valence-electron chi connectivity index (χ0n) is 13.1. The van der Waals surface area contributed by atoms with E-state index in [0.29, 0.717) is 17.4 Å². The molecule has 3 heterocycles. The lowest BCUT2D eigenvalue weighted by Gasteiger charge is -2.41. The molecule has 5 nitrogen and oxygen atoms in total. The Bertz CT molecular complexity index is 683. The smallest absolute Gasteiger partial charge is 0.276 e. The van der Waals surface area contributed by atoms with E-state index in [0.717, 1.165) is 31.0 Å². The molecule has 5 heteroatoms. The van der Waals surface area contributed by atoms with Crippen LogP contribution in [0.4, 0.5) is 0 Å². The predicted octanol–water partition coefficient (Wildman–Crippen LogP) is 3.39. The minimum Gasteiger partial charge on any atom is -0.355 e. The summed E-state index contributed by atoms with van der Waals surface area (Å²) in [5.74, 6) is 2.07. The van der Waals surface area contributed by atoms with Gasteiger partial charge in [0.1, 0.15) is 0 Å². The molecule has 1 saturated heterocycles. The summed E-state index contributed by atoms with van der Waals surface area (Å²) >= 11 is 0. The number of piperidine rings is 1. The summed E-state index contributed by atoms with van der Waals surface area (Å²) < 4.78 is 5.33. The third kappa shape index (κ3) is 2.87. The molecular formula is C18H21N3O2. The Hall–Kier alpha value is -2.17. The molecule has 0 spiro atoms. The minimum absolute atomic E-state index is 0.00656. The second-order valence-corrected chi connectivity index (χ2v) is 6.66. The summed E-state index contributed by atoms with van der Waals surface area (Å²) in [4.78, 5) is 18.7. The molecule has 1 aliphatic carbocycles. The molecule has 0 radical (unpaired) electrons. The minimum atomic E-state index is -0.00656. The molecule has 1 amide bonds. The van der Waals surface area contributed by atoms with Gasteiger partial charge in [-0.2, -0.15) is 0 Å². The Morgan fingerprint density at radius 2 is 2.09 bits per heavy atom. The molecule has 23 heavy (non-hydrogen) atoms. The lowest BCUT2D eigenvalue weighted by molar-refractivity contribution is 0.0512. The number of amides is 1. The largest absolute Gasteiger partial charge is 0.355 e. The molecule has 2 aliphatic rings. The SMILES string of the molecule is O=C(c1cc(-c2cccnc2)on1)N1CC[C@@H]2CCCC[C@@H]2C1. The van der Waals surface area contributed by atoms with Gasteiger partial charge in [-0.05, 0) is 36.8 Å². The number of carbonyl (C=O) groups is 1. The molecule has 2 atom stereocenters. The van der Waals surface area contributed by atoms with Crippen LogP contribution in [0, 0.1) is 11.8 Å². The van der Waals surface area contributed by atoms with Crippen molar-refractivity contribution in [3.8, 4) is 11.3 Å². The first-order valence-corrected chi connectivity index (χ1v) is 8.47. The van der Waals surface area contributed by atoms with Crippen molar-refractivity contribution in [2.75, 3.05) is 13.1 Å². The fraction of sp³-hybridized carbons (Fsp3) is 0.500. The van der Waals surface area contributed by atoms with E-state index in [-0.39, 0.29) is 5.91 Å². The summed E-state index contributed by atoms with van der Waals surface area (Å²) in [5.41, 5.74) is 1.24. The number of nitrogens with zero attached hydrogens (tertiary/aromatic N) is 3. The molecule has 2 fully saturated rings. The normalized spacial score (nSPS) is 24.3. The Balaban J connectivity index is 1.48. The molecule has 0 aromatic carbocycles. The van der Waals surface area contributed by atoms with Crippen LogP contribution in [-0.2, 0) is 0 Å². The van der Waals surface area contributed by atoms with Crippen LogP contribution in [-0.4, -0.2) is 34.0 Å². The molecule has 1 aliphatic heterocycles. The topological polar surface area (TPSA) is 59.2 Å². The van der Waals surface area contributed by atoms with E-state index in [2.05, 4.69) is 10.1 Å². The van der Waals surface area contributed by atoms with Crippen molar-refractivity contribution in [1.29, 1.82) is 0 Å². The highest BCUT2D eigenvalue weighted by atomic mass is 16.5. The van der Waals surface area contributed by atoms with Gasteiger partial charge >= 0.3 is 0 Å². The van der Waals surface area contributed by atoms with Gasteiger partial charge < -0.3 is 9.42 Å². The van der Waals surface area contributed by atoms with Gasteiger partial charge in [-0.15, -0.1) is 0 Å². The zero-order valence-corrected chi connectivity index (χ0v) is 13.1. The van der Waals surface area contributed by atoms with E-state index in [1.165, 1.54) is 25.7 Å². The van der Waals surface area contributed by atoms with Crippen LogP contribution in [0.3, 0.4) is 0 Å². The number of rotatable bonds is 2. The summed E-state index contributed by atoms with van der Waals surface area (Å²) in [7, 11) is 0. The van der Waals surface area contributed by atoms with Gasteiger partial charge in [0.2, 0.25) is 0 Å². The van der Waals surface area contributed by atoms with Crippen LogP contribution in [0.25, 0.3) is 11.3 Å². The zero-order chi connectivity index (χ0) is 15.6. The second-order valence-electron chi connectivity index (χ2n) is 6.66. The average Bonchev–Trinajstić information content (AvgIpc) is 3.11. The van der Waals surface area contributed by atoms with Crippen LogP contribution < -0.4 is 0 Å². The van der Waals surface area contributed by atoms with E-state index in [1.807, 2.05) is 17.0 Å². The van der Waals surface area contributed by atoms with Crippen molar-refractivity contribution in [1.82, 2.24) is 15.0 Å². The number of fused-ring (bicyclic) bond motifs is 1. The van der Waals surface area contributed by atoms with Crippen molar-refractivity contribution >= 4 is 5.91 Å². The highest BCUT2D eigenvalue weighted by Crippen LogP contribution is 2.36. The first kappa shape index (κ1) is 14.4. The fourth-order valence-corrected chi connectivity index (χ4v) is 3.97. The first-order chi connectivity index (χ1) is 11.3. The average molecular weight is 311 g/mol. The van der Waals surface area contributed by atoms with Gasteiger partial charge in [0, 0.05) is 37.1 Å². The maximum absolute atomic E-state index is 12.7. The number of hydrogen-bond donors (Lipinski definition) is 0. The van der Waals surface area contributed by atoms with Crippen LogP contribution in [0.15, 0.2) is 35.1 Å². The number of hydrogen-bond acceptors (Lipinski definition) is 4. The lowest BCUT2D eigenvalue weighted by Crippen LogP contribution is -2.44. The van der Waals surface area contributed by atoms with Crippen LogP contribution in [0.5, 0.6) is 0 Å². The maximum atomic E-state index is 12.7. The number of carbonyl (C=O) groups excluding carboxylic acids is 1. The Labute approximate surface area is 135 Å². The highest BCUT2D eigenvalue weighted by Gasteiger charge is 2.34. The van der Waals surface area contributed by atoms with Crippen LogP contribution in [0.1, 0.15) is 42.6 Å². The molecule has 1 saturated carbocycles. The van der Waals surface area contributed by atoms with Crippen LogP contribution >= 0.6 is 0 Å². The van der Waals surface area contributed by atoms with Gasteiger partial charge in [0.05, 0.1) is 0 Å². The van der Waals surface area contributed by atoms with Crippen molar-refractivity contribution < 1.29 is 9.32 Å². The molecule has 120 valence electrons. The maximum Gasteiger partial charge on any atom is 0.276 e. The number of aromatic nitrogens is 2. The van der Waals surface area contributed by atoms with Crippen molar-refractivity contribution in [3.05, 3.63) is 36.3 Å². The molecule has 4 rings (SSSR count). The molecule has 2 aromatic heterocycles. The number of pyridine rings is 1. The molecule has 0 N–H and O–H groups in total. The third-order valence-electron chi connectivity index (χ3n) is 5.25. The van der Waals surface area contributed by atoms with Crippen molar-refractivity contribution in [3.63, 3.8) is 0 Å². The monoisotopic (exact) mass is 311 g/mol. The first-order valence-electron chi connectivity index (χ1n) is 8.47. The highest BCUT2D eigenvalue weighted by molar-refractivity contribution is 5.93. The summed E-state index contributed by atoms with van der Waals surface area (Å²) in [6.07, 6.45) is 9.80. The quantitative estimate of drug-likeness (QED) is 0.853. The van der Waals surface area contributed by atoms with Gasteiger partial charge in [-0.25, -0.2) is 0 Å². The Morgan fingerprint density at radius 3 is 2.91 bits per heavy atom. The molecular weight excluding hydrogens is 290 g/mol. The summed E-state index contributed by atoms with van der Waals surface area (Å²) in [6.45, 7) is 1.72. The van der Waals surface area contributed by atoms with Crippen LogP contribution in [0.2, 0.25) is 0 Å². The number of likely N-dealkylation sites (tertiary alicyclic amines) is 1. The van der Waals surface area contributed by atoms with E-state index < -0.39 is 0 Å². The van der Waals surface area contributed by atoms with Crippen molar-refractivity contribution in [2.45, 2.75) is 32.1 Å². The molecule has 0 unspecified atom stereocenters. The Morgan fingerprint density at radius 1 is 1.22 bits per heavy atom. The van der Waals surface area contributed by atoms with E-state index >= 15 is 0 Å². The predicted molar refractivity (Wildman–Crippen MR) is 85.7 cm³/mol.